The summed E-state index contributed by atoms with van der Waals surface area (Å²) < 4.78 is 13.4. The van der Waals surface area contributed by atoms with Crippen molar-refractivity contribution in [2.45, 2.75) is 6.92 Å². The van der Waals surface area contributed by atoms with Gasteiger partial charge in [-0.05, 0) is 36.8 Å². The molecule has 0 spiro atoms. The lowest BCUT2D eigenvalue weighted by Gasteiger charge is -2.34. The molecule has 3 heterocycles. The van der Waals surface area contributed by atoms with Crippen molar-refractivity contribution in [3.63, 3.8) is 0 Å². The van der Waals surface area contributed by atoms with E-state index in [0.29, 0.717) is 37.7 Å². The minimum atomic E-state index is -0.283. The first kappa shape index (κ1) is 20.1. The van der Waals surface area contributed by atoms with E-state index >= 15 is 0 Å². The van der Waals surface area contributed by atoms with Crippen molar-refractivity contribution in [2.75, 3.05) is 31.1 Å². The summed E-state index contributed by atoms with van der Waals surface area (Å²) in [5.74, 6) is 0.396. The van der Waals surface area contributed by atoms with E-state index in [2.05, 4.69) is 14.9 Å². The predicted octanol–water partition coefficient (Wildman–Crippen LogP) is 4.10. The van der Waals surface area contributed by atoms with Crippen LogP contribution in [-0.2, 0) is 0 Å². The molecule has 1 amide bonds. The number of hydrogen-bond acceptors (Lipinski definition) is 5. The average molecular weight is 427 g/mol. The molecule has 0 saturated carbocycles. The molecule has 1 aliphatic heterocycles. The summed E-state index contributed by atoms with van der Waals surface area (Å²) in [7, 11) is 0. The number of piperazine rings is 1. The van der Waals surface area contributed by atoms with Crippen LogP contribution in [0.1, 0.15) is 16.1 Å². The van der Waals surface area contributed by atoms with E-state index < -0.39 is 0 Å². The molecule has 1 aliphatic rings. The molecule has 1 saturated heterocycles. The van der Waals surface area contributed by atoms with Crippen LogP contribution in [0.2, 0.25) is 0 Å². The van der Waals surface area contributed by atoms with Gasteiger partial charge in [-0.25, -0.2) is 14.4 Å². The number of halogens is 1. The number of aromatic nitrogens is 3. The van der Waals surface area contributed by atoms with Gasteiger partial charge in [0.1, 0.15) is 5.82 Å². The summed E-state index contributed by atoms with van der Waals surface area (Å²) in [5, 5.41) is 0.802. The maximum absolute atomic E-state index is 13.5. The number of rotatable bonds is 3. The maximum atomic E-state index is 13.5. The van der Waals surface area contributed by atoms with Crippen LogP contribution in [0, 0.1) is 12.7 Å². The van der Waals surface area contributed by atoms with Gasteiger partial charge in [-0.15, -0.1) is 0 Å². The smallest absolute Gasteiger partial charge is 0.254 e. The van der Waals surface area contributed by atoms with Gasteiger partial charge in [0, 0.05) is 55.2 Å². The predicted molar refractivity (Wildman–Crippen MR) is 122 cm³/mol. The van der Waals surface area contributed by atoms with Crippen molar-refractivity contribution < 1.29 is 9.18 Å². The molecule has 2 aromatic carbocycles. The number of carbonyl (C=O) groups is 1. The first-order valence-corrected chi connectivity index (χ1v) is 10.6. The van der Waals surface area contributed by atoms with Crippen LogP contribution < -0.4 is 4.90 Å². The quantitative estimate of drug-likeness (QED) is 0.493. The van der Waals surface area contributed by atoms with Gasteiger partial charge in [0.25, 0.3) is 5.91 Å². The first-order chi connectivity index (χ1) is 15.6. The number of nitrogens with zero attached hydrogens (tertiary/aromatic N) is 5. The third-order valence-corrected chi connectivity index (χ3v) is 5.76. The Labute approximate surface area is 185 Å². The lowest BCUT2D eigenvalue weighted by atomic mass is 9.98. The second-order valence-electron chi connectivity index (χ2n) is 7.85. The second-order valence-corrected chi connectivity index (χ2v) is 7.85. The summed E-state index contributed by atoms with van der Waals surface area (Å²) >= 11 is 0. The van der Waals surface area contributed by atoms with Gasteiger partial charge in [0.15, 0.2) is 0 Å². The molecule has 0 bridgehead atoms. The van der Waals surface area contributed by atoms with Gasteiger partial charge in [0.2, 0.25) is 5.95 Å². The molecule has 4 aromatic rings. The van der Waals surface area contributed by atoms with E-state index in [4.69, 9.17) is 4.98 Å². The monoisotopic (exact) mass is 427 g/mol. The van der Waals surface area contributed by atoms with Crippen molar-refractivity contribution >= 4 is 22.8 Å². The molecule has 0 N–H and O–H groups in total. The standard InChI is InChI=1S/C25H22FN5O/c1-17-16-22(24(32)30-12-14-31(15-13-30)25-27-10-3-11-28-25)21-5-2-4-20(23(21)29-17)18-6-8-19(26)9-7-18/h2-11,16H,12-15H2,1H3. The Morgan fingerprint density at radius 3 is 2.38 bits per heavy atom. The van der Waals surface area contributed by atoms with Gasteiger partial charge < -0.3 is 9.80 Å². The van der Waals surface area contributed by atoms with Crippen LogP contribution in [0.5, 0.6) is 0 Å². The number of para-hydroxylation sites is 1. The molecule has 2 aromatic heterocycles. The highest BCUT2D eigenvalue weighted by atomic mass is 19.1. The normalized spacial score (nSPS) is 14.1. The van der Waals surface area contributed by atoms with E-state index in [-0.39, 0.29) is 11.7 Å². The molecule has 5 rings (SSSR count). The molecule has 160 valence electrons. The number of pyridine rings is 1. The zero-order valence-corrected chi connectivity index (χ0v) is 17.7. The highest BCUT2D eigenvalue weighted by Gasteiger charge is 2.25. The Morgan fingerprint density at radius 2 is 1.66 bits per heavy atom. The van der Waals surface area contributed by atoms with Crippen molar-refractivity contribution in [1.82, 2.24) is 19.9 Å². The third-order valence-electron chi connectivity index (χ3n) is 5.76. The summed E-state index contributed by atoms with van der Waals surface area (Å²) in [6, 6.07) is 15.8. The molecule has 0 unspecified atom stereocenters. The number of aryl methyl sites for hydroxylation is 1. The van der Waals surface area contributed by atoms with Gasteiger partial charge in [-0.1, -0.05) is 30.3 Å². The van der Waals surface area contributed by atoms with E-state index in [0.717, 1.165) is 27.7 Å². The Morgan fingerprint density at radius 1 is 0.938 bits per heavy atom. The highest BCUT2D eigenvalue weighted by Crippen LogP contribution is 2.30. The molecule has 0 radical (unpaired) electrons. The molecule has 7 heteroatoms. The lowest BCUT2D eigenvalue weighted by Crippen LogP contribution is -2.49. The lowest BCUT2D eigenvalue weighted by molar-refractivity contribution is 0.0748. The Balaban J connectivity index is 1.46. The minimum absolute atomic E-state index is 0.00890. The molecule has 1 fully saturated rings. The van der Waals surface area contributed by atoms with Crippen LogP contribution in [0.25, 0.3) is 22.0 Å². The second kappa shape index (κ2) is 8.34. The zero-order valence-electron chi connectivity index (χ0n) is 17.7. The maximum Gasteiger partial charge on any atom is 0.254 e. The van der Waals surface area contributed by atoms with E-state index in [1.54, 1.807) is 30.6 Å². The van der Waals surface area contributed by atoms with Crippen LogP contribution in [0.3, 0.4) is 0 Å². The zero-order chi connectivity index (χ0) is 22.1. The average Bonchev–Trinajstić information content (AvgIpc) is 2.84. The summed E-state index contributed by atoms with van der Waals surface area (Å²) in [5.41, 5.74) is 3.91. The van der Waals surface area contributed by atoms with Crippen LogP contribution >= 0.6 is 0 Å². The van der Waals surface area contributed by atoms with Gasteiger partial charge in [-0.3, -0.25) is 9.78 Å². The molecule has 32 heavy (non-hydrogen) atoms. The van der Waals surface area contributed by atoms with Gasteiger partial charge in [0.05, 0.1) is 11.1 Å². The topological polar surface area (TPSA) is 62.2 Å². The molecular formula is C25H22FN5O. The van der Waals surface area contributed by atoms with Crippen molar-refractivity contribution in [3.8, 4) is 11.1 Å². The molecular weight excluding hydrogens is 405 g/mol. The largest absolute Gasteiger partial charge is 0.337 e. The summed E-state index contributed by atoms with van der Waals surface area (Å²) in [4.78, 5) is 30.8. The van der Waals surface area contributed by atoms with Crippen molar-refractivity contribution in [2.24, 2.45) is 0 Å². The number of hydrogen-bond donors (Lipinski definition) is 0. The van der Waals surface area contributed by atoms with Crippen LogP contribution in [-0.4, -0.2) is 51.9 Å². The SMILES string of the molecule is Cc1cc(C(=O)N2CCN(c3ncccn3)CC2)c2cccc(-c3ccc(F)cc3)c2n1. The fourth-order valence-corrected chi connectivity index (χ4v) is 4.15. The van der Waals surface area contributed by atoms with Crippen LogP contribution in [0.15, 0.2) is 67.0 Å². The van der Waals surface area contributed by atoms with E-state index in [1.165, 1.54) is 12.1 Å². The molecule has 0 atom stereocenters. The number of benzene rings is 2. The van der Waals surface area contributed by atoms with E-state index in [1.807, 2.05) is 36.1 Å². The summed E-state index contributed by atoms with van der Waals surface area (Å²) in [6.45, 7) is 4.44. The van der Waals surface area contributed by atoms with Crippen LogP contribution in [0.4, 0.5) is 10.3 Å². The summed E-state index contributed by atoms with van der Waals surface area (Å²) in [6.07, 6.45) is 3.45. The number of amides is 1. The van der Waals surface area contributed by atoms with Gasteiger partial charge in [-0.2, -0.15) is 0 Å². The fraction of sp³-hybridized carbons (Fsp3) is 0.200. The third kappa shape index (κ3) is 3.77. The Hall–Kier alpha value is -3.87. The molecule has 0 aliphatic carbocycles. The van der Waals surface area contributed by atoms with E-state index in [9.17, 15) is 9.18 Å². The minimum Gasteiger partial charge on any atom is -0.337 e. The number of anilines is 1. The number of carbonyl (C=O) groups excluding carboxylic acids is 1. The Kier molecular flexibility index (Phi) is 5.23. The number of fused-ring (bicyclic) bond motifs is 1. The highest BCUT2D eigenvalue weighted by molar-refractivity contribution is 6.09. The van der Waals surface area contributed by atoms with Crippen molar-refractivity contribution in [3.05, 3.63) is 84.1 Å². The fourth-order valence-electron chi connectivity index (χ4n) is 4.15. The first-order valence-electron chi connectivity index (χ1n) is 10.6. The van der Waals surface area contributed by atoms with Gasteiger partial charge >= 0.3 is 0 Å². The van der Waals surface area contributed by atoms with Crippen molar-refractivity contribution in [1.29, 1.82) is 0 Å². The Bertz CT molecular complexity index is 1270. The molecule has 6 nitrogen and oxygen atoms in total.